The Morgan fingerprint density at radius 1 is 1.23 bits per heavy atom. The monoisotopic (exact) mass is 201 g/mol. The van der Waals surface area contributed by atoms with Crippen molar-refractivity contribution in [2.75, 3.05) is 0 Å². The fourth-order valence-electron chi connectivity index (χ4n) is 0.751. The highest BCUT2D eigenvalue weighted by Gasteiger charge is 2.08. The molecule has 0 amide bonds. The standard InChI is InChI=1S/C6H6BO5S/c8-7-12-5-1-3-6(4-2-5)13(9,10)11/h1-4,8H,(H,9,10,11). The molecule has 0 unspecified atom stereocenters. The van der Waals surface area contributed by atoms with Gasteiger partial charge in [-0.05, 0) is 24.3 Å². The van der Waals surface area contributed by atoms with Crippen molar-refractivity contribution >= 4 is 17.8 Å². The van der Waals surface area contributed by atoms with E-state index in [9.17, 15) is 8.42 Å². The first-order valence-electron chi connectivity index (χ1n) is 3.24. The molecule has 0 heterocycles. The van der Waals surface area contributed by atoms with Crippen LogP contribution in [-0.2, 0) is 10.1 Å². The molecule has 0 bridgehead atoms. The minimum absolute atomic E-state index is 0.224. The van der Waals surface area contributed by atoms with Crippen LogP contribution in [0.4, 0.5) is 0 Å². The lowest BCUT2D eigenvalue weighted by atomic mass is 10.3. The summed E-state index contributed by atoms with van der Waals surface area (Å²) in [4.78, 5) is -0.224. The van der Waals surface area contributed by atoms with E-state index in [1.165, 1.54) is 12.1 Å². The molecule has 0 aliphatic carbocycles. The van der Waals surface area contributed by atoms with Gasteiger partial charge in [-0.15, -0.1) is 0 Å². The average Bonchev–Trinajstić information content (AvgIpc) is 2.04. The predicted molar refractivity (Wildman–Crippen MR) is 44.9 cm³/mol. The van der Waals surface area contributed by atoms with Gasteiger partial charge in [-0.25, -0.2) is 0 Å². The van der Waals surface area contributed by atoms with E-state index in [4.69, 9.17) is 9.58 Å². The molecule has 0 aromatic heterocycles. The van der Waals surface area contributed by atoms with E-state index in [1.54, 1.807) is 0 Å². The Morgan fingerprint density at radius 2 is 1.77 bits per heavy atom. The molecular weight excluding hydrogens is 195 g/mol. The van der Waals surface area contributed by atoms with Gasteiger partial charge in [-0.1, -0.05) is 0 Å². The molecule has 0 fully saturated rings. The normalized spacial score (nSPS) is 10.9. The molecule has 1 radical (unpaired) electrons. The van der Waals surface area contributed by atoms with Crippen LogP contribution >= 0.6 is 0 Å². The van der Waals surface area contributed by atoms with E-state index in [1.807, 2.05) is 0 Å². The minimum Gasteiger partial charge on any atom is -0.537 e. The fourth-order valence-corrected chi connectivity index (χ4v) is 1.23. The van der Waals surface area contributed by atoms with E-state index in [2.05, 4.69) is 4.65 Å². The number of hydrogen-bond donors (Lipinski definition) is 2. The Hall–Kier alpha value is -1.05. The van der Waals surface area contributed by atoms with Crippen molar-refractivity contribution in [2.45, 2.75) is 4.90 Å². The van der Waals surface area contributed by atoms with Crippen molar-refractivity contribution in [3.8, 4) is 5.75 Å². The Morgan fingerprint density at radius 3 is 2.15 bits per heavy atom. The van der Waals surface area contributed by atoms with Gasteiger partial charge in [0, 0.05) is 0 Å². The molecule has 1 aromatic carbocycles. The van der Waals surface area contributed by atoms with Crippen molar-refractivity contribution in [1.82, 2.24) is 0 Å². The van der Waals surface area contributed by atoms with Crippen molar-refractivity contribution in [3.05, 3.63) is 24.3 Å². The molecule has 13 heavy (non-hydrogen) atoms. The van der Waals surface area contributed by atoms with Gasteiger partial charge in [0.2, 0.25) is 0 Å². The zero-order chi connectivity index (χ0) is 9.90. The predicted octanol–water partition coefficient (Wildman–Crippen LogP) is -0.161. The molecule has 0 atom stereocenters. The third-order valence-electron chi connectivity index (χ3n) is 1.31. The molecule has 5 nitrogen and oxygen atoms in total. The first kappa shape index (κ1) is 10.0. The first-order valence-corrected chi connectivity index (χ1v) is 4.68. The van der Waals surface area contributed by atoms with E-state index in [0.29, 0.717) is 7.69 Å². The molecule has 69 valence electrons. The van der Waals surface area contributed by atoms with Gasteiger partial charge in [-0.2, -0.15) is 8.42 Å². The molecular formula is C6H6BO5S. The van der Waals surface area contributed by atoms with Gasteiger partial charge in [0.25, 0.3) is 10.1 Å². The summed E-state index contributed by atoms with van der Waals surface area (Å²) < 4.78 is 34.2. The number of hydrogen-bond acceptors (Lipinski definition) is 4. The molecule has 0 saturated heterocycles. The summed E-state index contributed by atoms with van der Waals surface area (Å²) in [6.07, 6.45) is 0. The number of rotatable bonds is 3. The van der Waals surface area contributed by atoms with Crippen LogP contribution in [0.2, 0.25) is 0 Å². The maximum Gasteiger partial charge on any atom is 0.569 e. The molecule has 0 aliphatic heterocycles. The third-order valence-corrected chi connectivity index (χ3v) is 2.18. The lowest BCUT2D eigenvalue weighted by Gasteiger charge is -2.01. The van der Waals surface area contributed by atoms with Crippen LogP contribution in [-0.4, -0.2) is 25.7 Å². The van der Waals surface area contributed by atoms with Gasteiger partial charge in [-0.3, -0.25) is 4.55 Å². The second-order valence-electron chi connectivity index (χ2n) is 2.17. The summed E-state index contributed by atoms with van der Waals surface area (Å²) >= 11 is 0. The van der Waals surface area contributed by atoms with Gasteiger partial charge in [0.15, 0.2) is 0 Å². The highest BCUT2D eigenvalue weighted by molar-refractivity contribution is 7.85. The van der Waals surface area contributed by atoms with Crippen molar-refractivity contribution < 1.29 is 22.6 Å². The smallest absolute Gasteiger partial charge is 0.537 e. The largest absolute Gasteiger partial charge is 0.569 e. The Kier molecular flexibility index (Phi) is 2.92. The minimum atomic E-state index is -4.16. The fraction of sp³-hybridized carbons (Fsp3) is 0. The zero-order valence-electron chi connectivity index (χ0n) is 6.41. The second-order valence-corrected chi connectivity index (χ2v) is 3.59. The van der Waals surface area contributed by atoms with Gasteiger partial charge >= 0.3 is 7.69 Å². The summed E-state index contributed by atoms with van der Waals surface area (Å²) in [6.45, 7) is 0. The lowest BCUT2D eigenvalue weighted by Crippen LogP contribution is -2.01. The quantitative estimate of drug-likeness (QED) is 0.524. The van der Waals surface area contributed by atoms with Gasteiger partial charge in [0.1, 0.15) is 5.75 Å². The Labute approximate surface area is 76.0 Å². The van der Waals surface area contributed by atoms with Crippen molar-refractivity contribution in [1.29, 1.82) is 0 Å². The van der Waals surface area contributed by atoms with E-state index >= 15 is 0 Å². The van der Waals surface area contributed by atoms with E-state index in [0.717, 1.165) is 12.1 Å². The molecule has 2 N–H and O–H groups in total. The molecule has 0 saturated carbocycles. The summed E-state index contributed by atoms with van der Waals surface area (Å²) in [5.74, 6) is 0.273. The van der Waals surface area contributed by atoms with Crippen LogP contribution in [0.3, 0.4) is 0 Å². The zero-order valence-corrected chi connectivity index (χ0v) is 7.23. The lowest BCUT2D eigenvalue weighted by molar-refractivity contribution is 0.453. The Bertz CT molecular complexity index is 371. The molecule has 0 spiro atoms. The van der Waals surface area contributed by atoms with E-state index in [-0.39, 0.29) is 10.6 Å². The van der Waals surface area contributed by atoms with Crippen molar-refractivity contribution in [2.24, 2.45) is 0 Å². The SMILES string of the molecule is O=S(=O)(O)c1ccc(O[B]O)cc1. The number of benzene rings is 1. The highest BCUT2D eigenvalue weighted by atomic mass is 32.2. The Balaban J connectivity index is 2.94. The topological polar surface area (TPSA) is 83.8 Å². The van der Waals surface area contributed by atoms with Crippen LogP contribution in [0.1, 0.15) is 0 Å². The molecule has 1 aromatic rings. The van der Waals surface area contributed by atoms with E-state index < -0.39 is 10.1 Å². The summed E-state index contributed by atoms with van der Waals surface area (Å²) in [7, 11) is -3.69. The third kappa shape index (κ3) is 2.73. The molecule has 7 heteroatoms. The van der Waals surface area contributed by atoms with Crippen LogP contribution in [0.25, 0.3) is 0 Å². The van der Waals surface area contributed by atoms with Gasteiger partial charge in [0.05, 0.1) is 4.90 Å². The highest BCUT2D eigenvalue weighted by Crippen LogP contribution is 2.14. The van der Waals surface area contributed by atoms with Crippen LogP contribution in [0, 0.1) is 0 Å². The van der Waals surface area contributed by atoms with Crippen LogP contribution < -0.4 is 4.65 Å². The summed E-state index contributed by atoms with van der Waals surface area (Å²) in [5, 5.41) is 8.23. The maximum absolute atomic E-state index is 10.6. The average molecular weight is 201 g/mol. The summed E-state index contributed by atoms with van der Waals surface area (Å²) in [5.41, 5.74) is 0. The maximum atomic E-state index is 10.6. The van der Waals surface area contributed by atoms with Crippen LogP contribution in [0.5, 0.6) is 5.75 Å². The second kappa shape index (κ2) is 3.78. The molecule has 0 aliphatic rings. The first-order chi connectivity index (χ1) is 6.04. The van der Waals surface area contributed by atoms with Crippen LogP contribution in [0.15, 0.2) is 29.2 Å². The summed E-state index contributed by atoms with van der Waals surface area (Å²) in [6, 6.07) is 4.92. The molecule has 1 rings (SSSR count). The van der Waals surface area contributed by atoms with Crippen molar-refractivity contribution in [3.63, 3.8) is 0 Å². The van der Waals surface area contributed by atoms with Gasteiger partial charge < -0.3 is 9.68 Å².